The lowest BCUT2D eigenvalue weighted by Crippen LogP contribution is -2.51. The quantitative estimate of drug-likeness (QED) is 0.784. The average Bonchev–Trinajstić information content (AvgIpc) is 3.14. The minimum absolute atomic E-state index is 0.0132. The molecule has 1 aromatic heterocycles. The summed E-state index contributed by atoms with van der Waals surface area (Å²) in [5.74, 6) is -0.0928. The van der Waals surface area contributed by atoms with Gasteiger partial charge in [0.05, 0.1) is 18.8 Å². The molecule has 1 unspecified atom stereocenters. The van der Waals surface area contributed by atoms with Crippen LogP contribution in [0.15, 0.2) is 18.6 Å². The lowest BCUT2D eigenvalue weighted by molar-refractivity contribution is -0.123. The second-order valence-corrected chi connectivity index (χ2v) is 6.10. The molecular weight excluding hydrogens is 310 g/mol. The van der Waals surface area contributed by atoms with E-state index < -0.39 is 0 Å². The van der Waals surface area contributed by atoms with E-state index in [1.165, 1.54) is 12.4 Å². The van der Waals surface area contributed by atoms with Gasteiger partial charge in [0.15, 0.2) is 0 Å². The first-order valence-electron chi connectivity index (χ1n) is 8.38. The Morgan fingerprint density at radius 2 is 2.08 bits per heavy atom. The van der Waals surface area contributed by atoms with Crippen LogP contribution >= 0.6 is 0 Å². The first-order chi connectivity index (χ1) is 11.7. The van der Waals surface area contributed by atoms with E-state index in [0.29, 0.717) is 45.0 Å². The van der Waals surface area contributed by atoms with E-state index in [1.54, 1.807) is 11.1 Å². The van der Waals surface area contributed by atoms with Crippen molar-refractivity contribution >= 4 is 11.8 Å². The molecule has 2 amide bonds. The van der Waals surface area contributed by atoms with Gasteiger partial charge in [0.25, 0.3) is 5.91 Å². The summed E-state index contributed by atoms with van der Waals surface area (Å²) in [5.41, 5.74) is 0.361. The number of amides is 2. The van der Waals surface area contributed by atoms with E-state index in [2.05, 4.69) is 20.2 Å². The summed E-state index contributed by atoms with van der Waals surface area (Å²) in [6.07, 6.45) is 6.79. The van der Waals surface area contributed by atoms with Crippen LogP contribution in [0.2, 0.25) is 0 Å². The normalized spacial score (nSPS) is 21.7. The van der Waals surface area contributed by atoms with E-state index in [-0.39, 0.29) is 17.9 Å². The number of ether oxygens (including phenoxy) is 1. The van der Waals surface area contributed by atoms with Crippen LogP contribution in [-0.2, 0) is 9.53 Å². The van der Waals surface area contributed by atoms with Gasteiger partial charge in [-0.25, -0.2) is 4.98 Å². The Morgan fingerprint density at radius 1 is 1.25 bits per heavy atom. The minimum Gasteiger partial charge on any atom is -0.376 e. The largest absolute Gasteiger partial charge is 0.376 e. The topological polar surface area (TPSA) is 87.7 Å². The molecule has 8 heteroatoms. The van der Waals surface area contributed by atoms with Crippen molar-refractivity contribution < 1.29 is 14.3 Å². The monoisotopic (exact) mass is 333 g/mol. The summed E-state index contributed by atoms with van der Waals surface area (Å²) in [6.45, 7) is 4.29. The highest BCUT2D eigenvalue weighted by Crippen LogP contribution is 2.10. The molecule has 2 saturated heterocycles. The van der Waals surface area contributed by atoms with Gasteiger partial charge in [-0.05, 0) is 12.8 Å². The van der Waals surface area contributed by atoms with Crippen LogP contribution in [0.5, 0.6) is 0 Å². The van der Waals surface area contributed by atoms with Crippen molar-refractivity contribution in [1.82, 2.24) is 25.1 Å². The fraction of sp³-hybridized carbons (Fsp3) is 0.625. The van der Waals surface area contributed by atoms with Gasteiger partial charge in [0, 0.05) is 51.7 Å². The highest BCUT2D eigenvalue weighted by atomic mass is 16.5. The van der Waals surface area contributed by atoms with Gasteiger partial charge in [-0.1, -0.05) is 0 Å². The standard InChI is InChI=1S/C16H23N5O3/c22-15(19-10-13-2-1-9-24-13)12-20-5-7-21(8-6-20)16(23)14-11-17-3-4-18-14/h3-4,11,13H,1-2,5-10,12H2,(H,19,22). The predicted octanol–water partition coefficient (Wildman–Crippen LogP) is -0.470. The molecule has 2 aliphatic rings. The summed E-state index contributed by atoms with van der Waals surface area (Å²) < 4.78 is 5.49. The number of aromatic nitrogens is 2. The van der Waals surface area contributed by atoms with Crippen LogP contribution in [-0.4, -0.2) is 83.6 Å². The Bertz CT molecular complexity index is 554. The van der Waals surface area contributed by atoms with Gasteiger partial charge >= 0.3 is 0 Å². The number of nitrogens with zero attached hydrogens (tertiary/aromatic N) is 4. The summed E-state index contributed by atoms with van der Waals surface area (Å²) >= 11 is 0. The molecule has 1 N–H and O–H groups in total. The fourth-order valence-electron chi connectivity index (χ4n) is 2.97. The first-order valence-corrected chi connectivity index (χ1v) is 8.38. The van der Waals surface area contributed by atoms with Crippen molar-refractivity contribution in [3.63, 3.8) is 0 Å². The van der Waals surface area contributed by atoms with Crippen molar-refractivity contribution in [2.75, 3.05) is 45.9 Å². The van der Waals surface area contributed by atoms with E-state index >= 15 is 0 Å². The van der Waals surface area contributed by atoms with Crippen molar-refractivity contribution in [2.24, 2.45) is 0 Å². The first kappa shape index (κ1) is 16.8. The van der Waals surface area contributed by atoms with Crippen LogP contribution in [0.1, 0.15) is 23.3 Å². The molecule has 3 rings (SSSR count). The highest BCUT2D eigenvalue weighted by Gasteiger charge is 2.24. The molecule has 0 spiro atoms. The van der Waals surface area contributed by atoms with Crippen LogP contribution in [0.4, 0.5) is 0 Å². The highest BCUT2D eigenvalue weighted by molar-refractivity contribution is 5.92. The lowest BCUT2D eigenvalue weighted by Gasteiger charge is -2.34. The van der Waals surface area contributed by atoms with Gasteiger partial charge in [0.2, 0.25) is 5.91 Å². The average molecular weight is 333 g/mol. The Hall–Kier alpha value is -2.06. The third-order valence-corrected chi connectivity index (χ3v) is 4.36. The summed E-state index contributed by atoms with van der Waals surface area (Å²) in [4.78, 5) is 36.1. The fourth-order valence-corrected chi connectivity index (χ4v) is 2.97. The third-order valence-electron chi connectivity index (χ3n) is 4.36. The molecule has 130 valence electrons. The Labute approximate surface area is 141 Å². The number of hydrogen-bond donors (Lipinski definition) is 1. The number of nitrogens with one attached hydrogen (secondary N) is 1. The Kier molecular flexibility index (Phi) is 5.71. The van der Waals surface area contributed by atoms with Crippen molar-refractivity contribution in [1.29, 1.82) is 0 Å². The molecule has 8 nitrogen and oxygen atoms in total. The molecule has 0 bridgehead atoms. The second-order valence-electron chi connectivity index (χ2n) is 6.10. The van der Waals surface area contributed by atoms with Crippen molar-refractivity contribution in [3.05, 3.63) is 24.3 Å². The van der Waals surface area contributed by atoms with Crippen molar-refractivity contribution in [2.45, 2.75) is 18.9 Å². The molecule has 0 aromatic carbocycles. The van der Waals surface area contributed by atoms with Crippen LogP contribution in [0.25, 0.3) is 0 Å². The summed E-state index contributed by atoms with van der Waals surface area (Å²) in [5, 5.41) is 2.93. The molecular formula is C16H23N5O3. The van der Waals surface area contributed by atoms with Crippen LogP contribution in [0, 0.1) is 0 Å². The minimum atomic E-state index is -0.106. The third kappa shape index (κ3) is 4.48. The summed E-state index contributed by atoms with van der Waals surface area (Å²) in [6, 6.07) is 0. The van der Waals surface area contributed by atoms with E-state index in [4.69, 9.17) is 4.74 Å². The molecule has 3 heterocycles. The van der Waals surface area contributed by atoms with Gasteiger partial charge < -0.3 is 15.0 Å². The molecule has 0 radical (unpaired) electrons. The molecule has 2 fully saturated rings. The zero-order chi connectivity index (χ0) is 16.8. The number of carbonyl (C=O) groups excluding carboxylic acids is 2. The molecule has 0 saturated carbocycles. The Balaban J connectivity index is 1.38. The SMILES string of the molecule is O=C(CN1CCN(C(=O)c2cnccn2)CC1)NCC1CCCO1. The zero-order valence-electron chi connectivity index (χ0n) is 13.7. The van der Waals surface area contributed by atoms with E-state index in [9.17, 15) is 9.59 Å². The molecule has 1 aromatic rings. The van der Waals surface area contributed by atoms with Gasteiger partial charge in [0.1, 0.15) is 5.69 Å². The molecule has 2 aliphatic heterocycles. The molecule has 1 atom stereocenters. The van der Waals surface area contributed by atoms with Gasteiger partial charge in [-0.2, -0.15) is 0 Å². The van der Waals surface area contributed by atoms with E-state index in [0.717, 1.165) is 19.4 Å². The molecule has 0 aliphatic carbocycles. The predicted molar refractivity (Wildman–Crippen MR) is 86.4 cm³/mol. The number of carbonyl (C=O) groups is 2. The lowest BCUT2D eigenvalue weighted by atomic mass is 10.2. The maximum atomic E-state index is 12.3. The maximum Gasteiger partial charge on any atom is 0.274 e. The van der Waals surface area contributed by atoms with Gasteiger partial charge in [-0.15, -0.1) is 0 Å². The Morgan fingerprint density at radius 3 is 2.75 bits per heavy atom. The van der Waals surface area contributed by atoms with Crippen LogP contribution in [0.3, 0.4) is 0 Å². The zero-order valence-corrected chi connectivity index (χ0v) is 13.7. The summed E-state index contributed by atoms with van der Waals surface area (Å²) in [7, 11) is 0. The smallest absolute Gasteiger partial charge is 0.274 e. The second kappa shape index (κ2) is 8.16. The van der Waals surface area contributed by atoms with Crippen molar-refractivity contribution in [3.8, 4) is 0 Å². The van der Waals surface area contributed by atoms with E-state index in [1.807, 2.05) is 0 Å². The molecule has 24 heavy (non-hydrogen) atoms. The van der Waals surface area contributed by atoms with Crippen LogP contribution < -0.4 is 5.32 Å². The number of piperazine rings is 1. The maximum absolute atomic E-state index is 12.3. The number of hydrogen-bond acceptors (Lipinski definition) is 6. The number of rotatable bonds is 5. The van der Waals surface area contributed by atoms with Gasteiger partial charge in [-0.3, -0.25) is 19.5 Å².